The predicted octanol–water partition coefficient (Wildman–Crippen LogP) is 1.97. The maximum Gasteiger partial charge on any atom is 0.231 e. The summed E-state index contributed by atoms with van der Waals surface area (Å²) < 4.78 is 35.8. The molecule has 3 N–H and O–H groups in total. The largest absolute Gasteiger partial charge is 0.454 e. The quantitative estimate of drug-likeness (QED) is 0.716. The maximum atomic E-state index is 12.6. The van der Waals surface area contributed by atoms with Gasteiger partial charge in [0.25, 0.3) is 0 Å². The average Bonchev–Trinajstić information content (AvgIpc) is 3.02. The number of hydrogen-bond donors (Lipinski definition) is 2. The van der Waals surface area contributed by atoms with Gasteiger partial charge in [0.2, 0.25) is 12.7 Å². The van der Waals surface area contributed by atoms with Crippen molar-refractivity contribution in [1.82, 2.24) is 9.97 Å². The van der Waals surface area contributed by atoms with E-state index in [2.05, 4.69) is 22.2 Å². The number of nitrogens with zero attached hydrogens (tertiary/aromatic N) is 2. The van der Waals surface area contributed by atoms with Gasteiger partial charge in [-0.3, -0.25) is 0 Å². The summed E-state index contributed by atoms with van der Waals surface area (Å²) in [5.74, 6) is 1.18. The SMILES string of the molecule is CCCCNc1ncc(S(=O)(=O)Cc2ccc3c(c2)OCO3)c(N)n1. The molecule has 0 unspecified atom stereocenters. The van der Waals surface area contributed by atoms with Gasteiger partial charge < -0.3 is 20.5 Å². The van der Waals surface area contributed by atoms with Crippen molar-refractivity contribution >= 4 is 21.6 Å². The number of nitrogens with one attached hydrogen (secondary N) is 1. The van der Waals surface area contributed by atoms with Crippen LogP contribution in [0.25, 0.3) is 0 Å². The van der Waals surface area contributed by atoms with Crippen LogP contribution in [0.5, 0.6) is 11.5 Å². The Morgan fingerprint density at radius 3 is 2.84 bits per heavy atom. The molecule has 0 aliphatic carbocycles. The number of aromatic nitrogens is 2. The zero-order chi connectivity index (χ0) is 17.9. The highest BCUT2D eigenvalue weighted by Crippen LogP contribution is 2.33. The fraction of sp³-hybridized carbons (Fsp3) is 0.375. The summed E-state index contributed by atoms with van der Waals surface area (Å²) in [7, 11) is -3.68. The van der Waals surface area contributed by atoms with E-state index < -0.39 is 9.84 Å². The second kappa shape index (κ2) is 7.14. The smallest absolute Gasteiger partial charge is 0.231 e. The number of hydrogen-bond acceptors (Lipinski definition) is 8. The van der Waals surface area contributed by atoms with Gasteiger partial charge in [0.05, 0.1) is 11.9 Å². The number of nitrogens with two attached hydrogens (primary N) is 1. The lowest BCUT2D eigenvalue weighted by atomic mass is 10.2. The van der Waals surface area contributed by atoms with Crippen LogP contribution in [0.4, 0.5) is 11.8 Å². The van der Waals surface area contributed by atoms with Crippen LogP contribution >= 0.6 is 0 Å². The molecule has 0 saturated heterocycles. The summed E-state index contributed by atoms with van der Waals surface area (Å²) in [5.41, 5.74) is 6.42. The predicted molar refractivity (Wildman–Crippen MR) is 93.3 cm³/mol. The molecule has 1 aliphatic heterocycles. The minimum Gasteiger partial charge on any atom is -0.454 e. The van der Waals surface area contributed by atoms with Crippen molar-refractivity contribution in [2.24, 2.45) is 0 Å². The van der Waals surface area contributed by atoms with Crippen molar-refractivity contribution in [3.63, 3.8) is 0 Å². The molecule has 0 amide bonds. The molecule has 1 aromatic heterocycles. The van der Waals surface area contributed by atoms with Crippen molar-refractivity contribution in [1.29, 1.82) is 0 Å². The van der Waals surface area contributed by atoms with Crippen LogP contribution < -0.4 is 20.5 Å². The number of fused-ring (bicyclic) bond motifs is 1. The van der Waals surface area contributed by atoms with Crippen molar-refractivity contribution < 1.29 is 17.9 Å². The highest BCUT2D eigenvalue weighted by Gasteiger charge is 2.22. The third-order valence-corrected chi connectivity index (χ3v) is 5.42. The lowest BCUT2D eigenvalue weighted by Crippen LogP contribution is -2.12. The number of sulfone groups is 1. The molecule has 2 heterocycles. The first-order valence-corrected chi connectivity index (χ1v) is 9.62. The molecule has 8 nitrogen and oxygen atoms in total. The van der Waals surface area contributed by atoms with Crippen molar-refractivity contribution in [3.8, 4) is 11.5 Å². The molecule has 0 atom stereocenters. The summed E-state index contributed by atoms with van der Waals surface area (Å²) in [6.45, 7) is 2.92. The summed E-state index contributed by atoms with van der Waals surface area (Å²) >= 11 is 0. The molecule has 0 bridgehead atoms. The molecule has 0 fully saturated rings. The molecular formula is C16H20N4O4S. The summed E-state index contributed by atoms with van der Waals surface area (Å²) in [6.07, 6.45) is 3.25. The van der Waals surface area contributed by atoms with Crippen LogP contribution in [0.3, 0.4) is 0 Å². The molecule has 0 spiro atoms. The second-order valence-electron chi connectivity index (χ2n) is 5.67. The monoisotopic (exact) mass is 364 g/mol. The first-order chi connectivity index (χ1) is 12.0. The molecule has 25 heavy (non-hydrogen) atoms. The van der Waals surface area contributed by atoms with Crippen LogP contribution in [-0.2, 0) is 15.6 Å². The molecule has 2 aromatic rings. The minimum absolute atomic E-state index is 0.0604. The Kier molecular flexibility index (Phi) is 4.93. The zero-order valence-corrected chi connectivity index (χ0v) is 14.7. The van der Waals surface area contributed by atoms with Gasteiger partial charge in [-0.25, -0.2) is 13.4 Å². The zero-order valence-electron chi connectivity index (χ0n) is 13.9. The first kappa shape index (κ1) is 17.3. The van der Waals surface area contributed by atoms with E-state index in [1.807, 2.05) is 0 Å². The fourth-order valence-corrected chi connectivity index (χ4v) is 3.77. The second-order valence-corrected chi connectivity index (χ2v) is 7.63. The van der Waals surface area contributed by atoms with Gasteiger partial charge in [0.1, 0.15) is 10.7 Å². The van der Waals surface area contributed by atoms with Crippen molar-refractivity contribution in [2.45, 2.75) is 30.4 Å². The number of ether oxygens (including phenoxy) is 2. The highest BCUT2D eigenvalue weighted by atomic mass is 32.2. The topological polar surface area (TPSA) is 116 Å². The van der Waals surface area contributed by atoms with E-state index in [1.54, 1.807) is 18.2 Å². The lowest BCUT2D eigenvalue weighted by molar-refractivity contribution is 0.174. The summed E-state index contributed by atoms with van der Waals surface area (Å²) in [6, 6.07) is 5.02. The Morgan fingerprint density at radius 2 is 2.08 bits per heavy atom. The number of unbranched alkanes of at least 4 members (excludes halogenated alkanes) is 1. The average molecular weight is 364 g/mol. The highest BCUT2D eigenvalue weighted by molar-refractivity contribution is 7.90. The van der Waals surface area contributed by atoms with E-state index in [0.717, 1.165) is 12.8 Å². The summed E-state index contributed by atoms with van der Waals surface area (Å²) in [5, 5.41) is 3.02. The van der Waals surface area contributed by atoms with Gasteiger partial charge in [0, 0.05) is 6.54 Å². The van der Waals surface area contributed by atoms with E-state index in [9.17, 15) is 8.42 Å². The Labute approximate surface area is 146 Å². The van der Waals surface area contributed by atoms with Crippen molar-refractivity contribution in [3.05, 3.63) is 30.0 Å². The van der Waals surface area contributed by atoms with Crippen LogP contribution in [-0.4, -0.2) is 31.7 Å². The molecule has 1 aromatic carbocycles. The molecule has 0 saturated carbocycles. The molecule has 9 heteroatoms. The lowest BCUT2D eigenvalue weighted by Gasteiger charge is -2.09. The van der Waals surface area contributed by atoms with Gasteiger partial charge in [-0.05, 0) is 24.1 Å². The number of benzene rings is 1. The number of anilines is 2. The third-order valence-electron chi connectivity index (χ3n) is 3.73. The van der Waals surface area contributed by atoms with E-state index in [1.165, 1.54) is 6.20 Å². The minimum atomic E-state index is -3.68. The standard InChI is InChI=1S/C16H20N4O4S/c1-2-3-6-18-16-19-8-14(15(17)20-16)25(21,22)9-11-4-5-12-13(7-11)24-10-23-12/h4-5,7-8H,2-3,6,9-10H2,1H3,(H3,17,18,19,20). The Balaban J connectivity index is 1.77. The molecule has 3 rings (SSSR count). The number of nitrogen functional groups attached to an aromatic ring is 1. The van der Waals surface area contributed by atoms with Crippen LogP contribution in [0, 0.1) is 0 Å². The van der Waals surface area contributed by atoms with E-state index in [-0.39, 0.29) is 23.3 Å². The van der Waals surface area contributed by atoms with Crippen LogP contribution in [0.2, 0.25) is 0 Å². The Bertz CT molecular complexity index is 870. The maximum absolute atomic E-state index is 12.6. The normalized spacial score (nSPS) is 13.0. The third kappa shape index (κ3) is 3.93. The summed E-state index contributed by atoms with van der Waals surface area (Å²) in [4.78, 5) is 8.02. The number of rotatable bonds is 7. The van der Waals surface area contributed by atoms with Crippen LogP contribution in [0.1, 0.15) is 25.3 Å². The van der Waals surface area contributed by atoms with Gasteiger partial charge in [0.15, 0.2) is 21.3 Å². The molecule has 1 aliphatic rings. The fourth-order valence-electron chi connectivity index (χ4n) is 2.41. The Hall–Kier alpha value is -2.55. The van der Waals surface area contributed by atoms with E-state index >= 15 is 0 Å². The van der Waals surface area contributed by atoms with Gasteiger partial charge >= 0.3 is 0 Å². The Morgan fingerprint density at radius 1 is 1.28 bits per heavy atom. The van der Waals surface area contributed by atoms with E-state index in [4.69, 9.17) is 15.2 Å². The van der Waals surface area contributed by atoms with E-state index in [0.29, 0.717) is 29.6 Å². The van der Waals surface area contributed by atoms with Gasteiger partial charge in [-0.1, -0.05) is 19.4 Å². The van der Waals surface area contributed by atoms with Gasteiger partial charge in [-0.15, -0.1) is 0 Å². The van der Waals surface area contributed by atoms with Crippen LogP contribution in [0.15, 0.2) is 29.3 Å². The van der Waals surface area contributed by atoms with Gasteiger partial charge in [-0.2, -0.15) is 4.98 Å². The molecular weight excluding hydrogens is 344 g/mol. The van der Waals surface area contributed by atoms with Crippen molar-refractivity contribution in [2.75, 3.05) is 24.4 Å². The first-order valence-electron chi connectivity index (χ1n) is 7.97. The molecule has 134 valence electrons. The molecule has 0 radical (unpaired) electrons.